The number of rotatable bonds is 4. The first-order chi connectivity index (χ1) is 17.7. The van der Waals surface area contributed by atoms with Crippen LogP contribution in [0.1, 0.15) is 66.0 Å². The number of anilines is 1. The molecule has 4 heterocycles. The minimum absolute atomic E-state index is 0. The first-order valence-electron chi connectivity index (χ1n) is 12.9. The summed E-state index contributed by atoms with van der Waals surface area (Å²) >= 11 is 0. The highest BCUT2D eigenvalue weighted by Crippen LogP contribution is 2.53. The molecule has 4 aliphatic heterocycles. The van der Waals surface area contributed by atoms with E-state index in [-0.39, 0.29) is 33.5 Å². The summed E-state index contributed by atoms with van der Waals surface area (Å²) in [5.41, 5.74) is 1.21. The van der Waals surface area contributed by atoms with Gasteiger partial charge in [-0.3, -0.25) is 4.79 Å². The molecule has 212 valence electrons. The third-order valence-corrected chi connectivity index (χ3v) is 7.21. The van der Waals surface area contributed by atoms with Gasteiger partial charge in [-0.15, -0.1) is 0 Å². The molecule has 0 saturated carbocycles. The number of fused-ring (bicyclic) bond motifs is 4. The molecular weight excluding hydrogens is 500 g/mol. The molecule has 0 radical (unpaired) electrons. The van der Waals surface area contributed by atoms with Crippen LogP contribution in [0.5, 0.6) is 11.5 Å². The molecular formula is C30H40N2O7. The van der Waals surface area contributed by atoms with Gasteiger partial charge in [0.05, 0.1) is 19.2 Å². The number of hydroxylamine groups is 2. The average molecular weight is 541 g/mol. The second kappa shape index (κ2) is 10.7. The van der Waals surface area contributed by atoms with E-state index in [0.717, 1.165) is 36.3 Å². The molecule has 1 spiro atoms. The summed E-state index contributed by atoms with van der Waals surface area (Å²) in [6.07, 6.45) is 1.37. The number of amides is 2. The van der Waals surface area contributed by atoms with Crippen LogP contribution >= 0.6 is 0 Å². The van der Waals surface area contributed by atoms with Crippen LogP contribution in [0.15, 0.2) is 42.5 Å². The minimum atomic E-state index is -0.888. The zero-order chi connectivity index (χ0) is 25.8. The van der Waals surface area contributed by atoms with Gasteiger partial charge >= 0.3 is 6.09 Å². The van der Waals surface area contributed by atoms with Crippen molar-refractivity contribution in [1.82, 2.24) is 5.06 Å². The fourth-order valence-electron chi connectivity index (χ4n) is 5.56. The van der Waals surface area contributed by atoms with Gasteiger partial charge < -0.3 is 23.8 Å². The number of nitrogens with zero attached hydrogens (tertiary/aromatic N) is 2. The number of carbonyl (C=O) groups excluding carboxylic acids is 2. The van der Waals surface area contributed by atoms with Crippen molar-refractivity contribution in [2.45, 2.75) is 78.3 Å². The Hall–Kier alpha value is -3.30. The van der Waals surface area contributed by atoms with Crippen molar-refractivity contribution in [2.75, 3.05) is 31.2 Å². The van der Waals surface area contributed by atoms with E-state index in [0.29, 0.717) is 31.0 Å². The molecule has 4 aliphatic rings. The number of para-hydroxylation sites is 1. The van der Waals surface area contributed by atoms with Crippen molar-refractivity contribution >= 4 is 17.7 Å². The molecule has 1 unspecified atom stereocenters. The van der Waals surface area contributed by atoms with Crippen molar-refractivity contribution in [3.63, 3.8) is 0 Å². The van der Waals surface area contributed by atoms with Crippen LogP contribution in [0.25, 0.3) is 0 Å². The number of hydrogen-bond donors (Lipinski definition) is 0. The van der Waals surface area contributed by atoms with E-state index in [9.17, 15) is 9.59 Å². The summed E-state index contributed by atoms with van der Waals surface area (Å²) in [4.78, 5) is 33.8. The largest absolute Gasteiger partial charge is 0.491 e. The van der Waals surface area contributed by atoms with Crippen LogP contribution in [-0.4, -0.2) is 61.4 Å². The van der Waals surface area contributed by atoms with Crippen LogP contribution in [0, 0.1) is 0 Å². The maximum atomic E-state index is 14.0. The molecule has 9 nitrogen and oxygen atoms in total. The first-order valence-corrected chi connectivity index (χ1v) is 12.9. The maximum absolute atomic E-state index is 14.0. The normalized spacial score (nSPS) is 25.1. The highest BCUT2D eigenvalue weighted by molar-refractivity contribution is 6.11. The Morgan fingerprint density at radius 1 is 1.10 bits per heavy atom. The molecule has 0 aliphatic carbocycles. The van der Waals surface area contributed by atoms with Gasteiger partial charge in [-0.1, -0.05) is 39.1 Å². The summed E-state index contributed by atoms with van der Waals surface area (Å²) in [6, 6.07) is 13.5. The molecule has 2 fully saturated rings. The smallest absolute Gasteiger partial charge is 0.434 e. The lowest BCUT2D eigenvalue weighted by Crippen LogP contribution is -2.44. The van der Waals surface area contributed by atoms with E-state index in [1.54, 1.807) is 6.07 Å². The lowest BCUT2D eigenvalue weighted by molar-refractivity contribution is -0.188. The van der Waals surface area contributed by atoms with Crippen LogP contribution < -0.4 is 14.4 Å². The zero-order valence-electron chi connectivity index (χ0n) is 21.4. The molecule has 2 aromatic carbocycles. The highest BCUT2D eigenvalue weighted by atomic mass is 16.8. The molecule has 2 amide bonds. The van der Waals surface area contributed by atoms with E-state index in [1.807, 2.05) is 62.1 Å². The van der Waals surface area contributed by atoms with Gasteiger partial charge in [0.1, 0.15) is 29.1 Å². The molecule has 0 aromatic heterocycles. The van der Waals surface area contributed by atoms with Gasteiger partial charge in [0.2, 0.25) is 12.2 Å². The summed E-state index contributed by atoms with van der Waals surface area (Å²) in [5.74, 6) is 1.17. The molecule has 9 heteroatoms. The van der Waals surface area contributed by atoms with E-state index < -0.39 is 23.4 Å². The van der Waals surface area contributed by atoms with Crippen LogP contribution in [0.2, 0.25) is 0 Å². The van der Waals surface area contributed by atoms with Crippen molar-refractivity contribution < 1.29 is 33.4 Å². The van der Waals surface area contributed by atoms with Gasteiger partial charge in [0.15, 0.2) is 0 Å². The third-order valence-electron chi connectivity index (χ3n) is 7.21. The lowest BCUT2D eigenvalue weighted by atomic mass is 9.77. The molecule has 0 N–H and O–H groups in total. The van der Waals surface area contributed by atoms with Gasteiger partial charge in [0, 0.05) is 30.3 Å². The van der Waals surface area contributed by atoms with E-state index in [4.69, 9.17) is 23.8 Å². The van der Waals surface area contributed by atoms with Crippen molar-refractivity contribution in [1.29, 1.82) is 0 Å². The second-order valence-electron chi connectivity index (χ2n) is 10.9. The number of ether oxygens (including phenoxy) is 4. The molecule has 2 saturated heterocycles. The predicted octanol–water partition coefficient (Wildman–Crippen LogP) is 5.44. The highest BCUT2D eigenvalue weighted by Gasteiger charge is 2.57. The van der Waals surface area contributed by atoms with Crippen LogP contribution in [0.3, 0.4) is 0 Å². The monoisotopic (exact) mass is 540 g/mol. The fraction of sp³-hybridized carbons (Fsp3) is 0.533. The molecule has 6 rings (SSSR count). The molecule has 39 heavy (non-hydrogen) atoms. The number of hydrogen-bond acceptors (Lipinski definition) is 7. The molecule has 3 atom stereocenters. The van der Waals surface area contributed by atoms with Crippen molar-refractivity contribution in [2.24, 2.45) is 0 Å². The van der Waals surface area contributed by atoms with Gasteiger partial charge in [-0.05, 0) is 51.3 Å². The van der Waals surface area contributed by atoms with Gasteiger partial charge in [0.25, 0.3) is 0 Å². The lowest BCUT2D eigenvalue weighted by Gasteiger charge is -2.25. The fourth-order valence-corrected chi connectivity index (χ4v) is 5.56. The third kappa shape index (κ3) is 5.05. The van der Waals surface area contributed by atoms with E-state index in [2.05, 4.69) is 0 Å². The molecule has 2 aromatic rings. The number of benzene rings is 2. The van der Waals surface area contributed by atoms with Crippen LogP contribution in [0.4, 0.5) is 10.5 Å². The van der Waals surface area contributed by atoms with E-state index >= 15 is 0 Å². The summed E-state index contributed by atoms with van der Waals surface area (Å²) in [6.45, 7) is 7.31. The Kier molecular flexibility index (Phi) is 7.87. The number of carbonyl (C=O) groups is 2. The van der Waals surface area contributed by atoms with E-state index in [1.165, 1.54) is 5.06 Å². The Morgan fingerprint density at radius 3 is 2.64 bits per heavy atom. The summed E-state index contributed by atoms with van der Waals surface area (Å²) in [7, 11) is 0. The topological polar surface area (TPSA) is 86.8 Å². The molecule has 0 bridgehead atoms. The summed E-state index contributed by atoms with van der Waals surface area (Å²) in [5, 5.41) is 1.19. The Morgan fingerprint density at radius 2 is 1.90 bits per heavy atom. The van der Waals surface area contributed by atoms with Crippen molar-refractivity contribution in [3.8, 4) is 11.5 Å². The standard InChI is InChI=1S/C28H32N2O7.2CH4/c1-27(2,3)36-26(32)30-13-12-24(37-30)35-18-10-11-21-23(15-18)34-17-28(21)20-8-4-5-9-22(20)29(25(28)31)16-19-7-6-14-33-19;;/h4-5,8-11,15,19,24H,6-7,12-14,16-17H2,1-3H3;2*1H4/t19-,24+,28?;;/m1../s1. The second-order valence-corrected chi connectivity index (χ2v) is 10.9. The Bertz CT molecular complexity index is 1220. The first kappa shape index (κ1) is 28.7. The maximum Gasteiger partial charge on any atom is 0.434 e. The Labute approximate surface area is 230 Å². The SMILES string of the molecule is C.C.CC(C)(C)OC(=O)N1CC[C@@H](Oc2ccc3c(c2)OCC32C(=O)N(C[C@H]3CCCO3)c3ccccc32)O1. The Balaban J connectivity index is 0.00000176. The van der Waals surface area contributed by atoms with Gasteiger partial charge in [-0.2, -0.15) is 5.06 Å². The summed E-state index contributed by atoms with van der Waals surface area (Å²) < 4.78 is 23.3. The predicted molar refractivity (Wildman–Crippen MR) is 147 cm³/mol. The van der Waals surface area contributed by atoms with Gasteiger partial charge in [-0.25, -0.2) is 9.63 Å². The quantitative estimate of drug-likeness (QED) is 0.510. The van der Waals surface area contributed by atoms with Crippen molar-refractivity contribution in [3.05, 3.63) is 53.6 Å². The van der Waals surface area contributed by atoms with Crippen LogP contribution in [-0.2, 0) is 24.5 Å². The minimum Gasteiger partial charge on any atom is -0.491 e. The zero-order valence-corrected chi connectivity index (χ0v) is 21.4. The average Bonchev–Trinajstić information content (AvgIpc) is 3.64.